The molecule has 3 heterocycles. The smallest absolute Gasteiger partial charge is 0.342 e. The summed E-state index contributed by atoms with van der Waals surface area (Å²) in [6, 6.07) is 18.2. The van der Waals surface area contributed by atoms with Gasteiger partial charge < -0.3 is 4.90 Å². The minimum Gasteiger partial charge on any atom is -0.342 e. The molecule has 8 heteroatoms. The second kappa shape index (κ2) is 8.44. The fourth-order valence-corrected chi connectivity index (χ4v) is 4.84. The monoisotopic (exact) mass is 454 g/mol. The number of rotatable bonds is 6. The molecule has 2 aliphatic rings. The Morgan fingerprint density at radius 2 is 1.62 bits per heavy atom. The molecule has 0 radical (unpaired) electrons. The molecule has 6 rings (SSSR count). The van der Waals surface area contributed by atoms with Gasteiger partial charge >= 0.3 is 5.69 Å². The van der Waals surface area contributed by atoms with Crippen LogP contribution in [0.3, 0.4) is 0 Å². The Bertz CT molecular complexity index is 1350. The predicted octanol–water partition coefficient (Wildman–Crippen LogP) is 3.42. The van der Waals surface area contributed by atoms with E-state index in [1.165, 1.54) is 0 Å². The van der Waals surface area contributed by atoms with E-state index in [-0.39, 0.29) is 11.6 Å². The Morgan fingerprint density at radius 3 is 2.29 bits per heavy atom. The molecule has 34 heavy (non-hydrogen) atoms. The van der Waals surface area contributed by atoms with Gasteiger partial charge in [0.05, 0.1) is 11.4 Å². The molecular formula is C26H26N6O2. The predicted molar refractivity (Wildman–Crippen MR) is 128 cm³/mol. The molecule has 1 amide bonds. The summed E-state index contributed by atoms with van der Waals surface area (Å²) < 4.78 is 1.65. The summed E-state index contributed by atoms with van der Waals surface area (Å²) in [5, 5.41) is 13.9. The van der Waals surface area contributed by atoms with Crippen LogP contribution in [0.15, 0.2) is 65.6 Å². The molecule has 4 aromatic rings. The van der Waals surface area contributed by atoms with E-state index in [2.05, 4.69) is 44.7 Å². The van der Waals surface area contributed by atoms with E-state index in [1.54, 1.807) is 10.8 Å². The van der Waals surface area contributed by atoms with Gasteiger partial charge in [0.2, 0.25) is 5.91 Å². The quantitative estimate of drug-likeness (QED) is 0.466. The molecule has 2 fully saturated rings. The van der Waals surface area contributed by atoms with Gasteiger partial charge in [0.1, 0.15) is 5.82 Å². The normalized spacial score (nSPS) is 17.9. The lowest BCUT2D eigenvalue weighted by atomic mass is 10.0. The highest BCUT2D eigenvalue weighted by molar-refractivity contribution is 5.81. The fourth-order valence-electron chi connectivity index (χ4n) is 4.84. The van der Waals surface area contributed by atoms with E-state index in [0.29, 0.717) is 24.1 Å². The fraction of sp³-hybridized carbons (Fsp3) is 0.308. The second-order valence-corrected chi connectivity index (χ2v) is 9.29. The Balaban J connectivity index is 1.18. The topological polar surface area (TPSA) is 99.7 Å². The van der Waals surface area contributed by atoms with Crippen molar-refractivity contribution in [3.63, 3.8) is 0 Å². The number of carbonyl (C=O) groups is 1. The zero-order chi connectivity index (χ0) is 23.1. The van der Waals surface area contributed by atoms with Crippen molar-refractivity contribution in [2.75, 3.05) is 13.1 Å². The maximum atomic E-state index is 12.6. The zero-order valence-electron chi connectivity index (χ0n) is 18.8. The average molecular weight is 455 g/mol. The van der Waals surface area contributed by atoms with Crippen LogP contribution < -0.4 is 5.69 Å². The lowest BCUT2D eigenvalue weighted by Crippen LogP contribution is -2.30. The molecule has 0 spiro atoms. The first-order chi connectivity index (χ1) is 16.7. The molecular weight excluding hydrogens is 428 g/mol. The van der Waals surface area contributed by atoms with Crippen LogP contribution in [0.25, 0.3) is 28.1 Å². The van der Waals surface area contributed by atoms with Gasteiger partial charge in [-0.3, -0.25) is 9.89 Å². The van der Waals surface area contributed by atoms with E-state index in [0.717, 1.165) is 60.4 Å². The van der Waals surface area contributed by atoms with Crippen LogP contribution in [-0.2, 0) is 11.2 Å². The van der Waals surface area contributed by atoms with Crippen LogP contribution in [0.1, 0.15) is 25.1 Å². The first-order valence-electron chi connectivity index (χ1n) is 11.8. The second-order valence-electron chi connectivity index (χ2n) is 9.29. The van der Waals surface area contributed by atoms with Gasteiger partial charge in [-0.25, -0.2) is 14.5 Å². The van der Waals surface area contributed by atoms with Crippen molar-refractivity contribution in [3.8, 4) is 28.1 Å². The number of aromatic amines is 2. The summed E-state index contributed by atoms with van der Waals surface area (Å²) in [6.07, 6.45) is 5.42. The summed E-state index contributed by atoms with van der Waals surface area (Å²) in [6.45, 7) is 1.56. The summed E-state index contributed by atoms with van der Waals surface area (Å²) >= 11 is 0. The minimum atomic E-state index is -0.240. The molecule has 172 valence electrons. The summed E-state index contributed by atoms with van der Waals surface area (Å²) in [4.78, 5) is 26.9. The third-order valence-electron chi connectivity index (χ3n) is 6.89. The third-order valence-corrected chi connectivity index (χ3v) is 6.89. The maximum absolute atomic E-state index is 12.6. The highest BCUT2D eigenvalue weighted by atomic mass is 16.2. The number of hydrogen-bond donors (Lipinski definition) is 2. The number of amides is 1. The molecule has 0 bridgehead atoms. The van der Waals surface area contributed by atoms with Crippen LogP contribution in [0.5, 0.6) is 0 Å². The van der Waals surface area contributed by atoms with E-state index >= 15 is 0 Å². The Kier molecular flexibility index (Phi) is 5.13. The van der Waals surface area contributed by atoms with Crippen molar-refractivity contribution in [2.24, 2.45) is 11.8 Å². The summed E-state index contributed by atoms with van der Waals surface area (Å²) in [7, 11) is 0. The van der Waals surface area contributed by atoms with E-state index in [4.69, 9.17) is 0 Å². The number of likely N-dealkylation sites (tertiary alicyclic amines) is 1. The summed E-state index contributed by atoms with van der Waals surface area (Å²) in [5.41, 5.74) is 4.78. The van der Waals surface area contributed by atoms with Crippen LogP contribution in [0, 0.1) is 11.8 Å². The molecule has 2 aromatic carbocycles. The first kappa shape index (κ1) is 20.7. The van der Waals surface area contributed by atoms with Gasteiger partial charge in [-0.15, -0.1) is 0 Å². The van der Waals surface area contributed by atoms with Crippen LogP contribution in [0.4, 0.5) is 0 Å². The number of H-pyrrole nitrogens is 2. The molecule has 1 saturated heterocycles. The number of carbonyl (C=O) groups excluding carboxylic acids is 1. The lowest BCUT2D eigenvalue weighted by molar-refractivity contribution is -0.131. The van der Waals surface area contributed by atoms with Gasteiger partial charge in [-0.1, -0.05) is 36.4 Å². The zero-order valence-corrected chi connectivity index (χ0v) is 18.8. The molecule has 2 N–H and O–H groups in total. The molecule has 1 unspecified atom stereocenters. The standard InChI is InChI=1S/C26H26N6O2/c33-25(21-5-6-21)31-14-12-17(16-31)15-24-29-30-26(34)32(24)22-9-7-19(8-10-22)18-1-3-20(4-2-18)23-11-13-27-28-23/h1-4,7-11,13,17,21H,5-6,12,14-16H2,(H,27,28)(H,30,34). The molecule has 2 aromatic heterocycles. The highest BCUT2D eigenvalue weighted by Crippen LogP contribution is 2.33. The van der Waals surface area contributed by atoms with Crippen LogP contribution >= 0.6 is 0 Å². The number of benzene rings is 2. The van der Waals surface area contributed by atoms with Crippen molar-refractivity contribution in [1.29, 1.82) is 0 Å². The lowest BCUT2D eigenvalue weighted by Gasteiger charge is -2.16. The van der Waals surface area contributed by atoms with Crippen LogP contribution in [-0.4, -0.2) is 48.9 Å². The number of nitrogens with one attached hydrogen (secondary N) is 2. The number of aromatic nitrogens is 5. The Hall–Kier alpha value is -3.94. The number of nitrogens with zero attached hydrogens (tertiary/aromatic N) is 4. The Labute approximate surface area is 196 Å². The van der Waals surface area contributed by atoms with Crippen molar-refractivity contribution >= 4 is 5.91 Å². The molecule has 8 nitrogen and oxygen atoms in total. The minimum absolute atomic E-state index is 0.240. The van der Waals surface area contributed by atoms with E-state index in [1.807, 2.05) is 35.2 Å². The van der Waals surface area contributed by atoms with E-state index < -0.39 is 0 Å². The van der Waals surface area contributed by atoms with Crippen molar-refractivity contribution in [1.82, 2.24) is 29.9 Å². The summed E-state index contributed by atoms with van der Waals surface area (Å²) in [5.74, 6) is 1.59. The maximum Gasteiger partial charge on any atom is 0.347 e. The SMILES string of the molecule is O=C(C1CC1)N1CCC(Cc2n[nH]c(=O)n2-c2ccc(-c3ccc(-c4ccn[nH]4)cc3)cc2)C1. The first-order valence-corrected chi connectivity index (χ1v) is 11.8. The Morgan fingerprint density at radius 1 is 0.912 bits per heavy atom. The average Bonchev–Trinajstić information content (AvgIpc) is 3.22. The van der Waals surface area contributed by atoms with Crippen molar-refractivity contribution < 1.29 is 4.79 Å². The van der Waals surface area contributed by atoms with Crippen molar-refractivity contribution in [3.05, 3.63) is 77.1 Å². The van der Waals surface area contributed by atoms with Crippen molar-refractivity contribution in [2.45, 2.75) is 25.7 Å². The highest BCUT2D eigenvalue weighted by Gasteiger charge is 2.36. The number of hydrogen-bond acceptors (Lipinski definition) is 4. The molecule has 1 saturated carbocycles. The van der Waals surface area contributed by atoms with Gasteiger partial charge in [-0.2, -0.15) is 10.2 Å². The largest absolute Gasteiger partial charge is 0.347 e. The molecule has 1 aliphatic heterocycles. The van der Waals surface area contributed by atoms with Gasteiger partial charge in [0.15, 0.2) is 0 Å². The van der Waals surface area contributed by atoms with Crippen LogP contribution in [0.2, 0.25) is 0 Å². The van der Waals surface area contributed by atoms with Gasteiger partial charge in [0.25, 0.3) is 0 Å². The van der Waals surface area contributed by atoms with E-state index in [9.17, 15) is 9.59 Å². The van der Waals surface area contributed by atoms with Gasteiger partial charge in [-0.05, 0) is 60.1 Å². The van der Waals surface area contributed by atoms with Gasteiger partial charge in [0, 0.05) is 31.6 Å². The molecule has 1 atom stereocenters. The molecule has 1 aliphatic carbocycles. The third kappa shape index (κ3) is 3.96.